The Morgan fingerprint density at radius 1 is 1.38 bits per heavy atom. The molecule has 0 bridgehead atoms. The molecular weight excluding hydrogens is 166 g/mol. The number of nitriles is 1. The van der Waals surface area contributed by atoms with Gasteiger partial charge >= 0.3 is 0 Å². The van der Waals surface area contributed by atoms with Crippen molar-refractivity contribution in [2.45, 2.75) is 0 Å². The van der Waals surface area contributed by atoms with Gasteiger partial charge in [-0.05, 0) is 17.7 Å². The van der Waals surface area contributed by atoms with E-state index >= 15 is 0 Å². The minimum absolute atomic E-state index is 0.199. The first-order valence-corrected chi connectivity index (χ1v) is 3.62. The van der Waals surface area contributed by atoms with Crippen LogP contribution in [0.3, 0.4) is 0 Å². The number of carbonyl (C=O) groups is 1. The maximum Gasteiger partial charge on any atom is 0.153 e. The first-order valence-electron chi connectivity index (χ1n) is 3.62. The summed E-state index contributed by atoms with van der Waals surface area (Å²) >= 11 is 0. The van der Waals surface area contributed by atoms with Crippen LogP contribution in [0.2, 0.25) is 0 Å². The standard InChI is InChI=1S/C10H7NO2/c11-5-8-1-3-9(4-2-8)10(6-12)7-13/h1-4,6-7,12H/b10-6-. The lowest BCUT2D eigenvalue weighted by atomic mass is 10.1. The van der Waals surface area contributed by atoms with Crippen LogP contribution in [0, 0.1) is 11.3 Å². The quantitative estimate of drug-likeness (QED) is 0.420. The van der Waals surface area contributed by atoms with Crippen molar-refractivity contribution in [3.63, 3.8) is 0 Å². The second-order valence-electron chi connectivity index (χ2n) is 2.39. The molecule has 0 radical (unpaired) electrons. The van der Waals surface area contributed by atoms with Crippen LogP contribution >= 0.6 is 0 Å². The third-order valence-electron chi connectivity index (χ3n) is 1.61. The molecule has 1 aromatic carbocycles. The molecule has 0 aliphatic carbocycles. The van der Waals surface area contributed by atoms with Gasteiger partial charge < -0.3 is 5.11 Å². The van der Waals surface area contributed by atoms with Gasteiger partial charge in [0, 0.05) is 0 Å². The molecule has 0 fully saturated rings. The van der Waals surface area contributed by atoms with E-state index in [0.717, 1.165) is 6.26 Å². The monoisotopic (exact) mass is 173 g/mol. The van der Waals surface area contributed by atoms with Crippen molar-refractivity contribution >= 4 is 11.9 Å². The topological polar surface area (TPSA) is 61.1 Å². The Morgan fingerprint density at radius 2 is 2.00 bits per heavy atom. The molecule has 3 heteroatoms. The second-order valence-corrected chi connectivity index (χ2v) is 2.39. The molecule has 64 valence electrons. The van der Waals surface area contributed by atoms with Gasteiger partial charge in [0.1, 0.15) is 0 Å². The van der Waals surface area contributed by atoms with Crippen molar-refractivity contribution in [1.29, 1.82) is 5.26 Å². The number of hydrogen-bond acceptors (Lipinski definition) is 3. The smallest absolute Gasteiger partial charge is 0.153 e. The molecule has 0 atom stereocenters. The summed E-state index contributed by atoms with van der Waals surface area (Å²) in [7, 11) is 0. The van der Waals surface area contributed by atoms with Gasteiger partial charge in [-0.25, -0.2) is 0 Å². The lowest BCUT2D eigenvalue weighted by Crippen LogP contribution is -1.85. The van der Waals surface area contributed by atoms with E-state index in [1.54, 1.807) is 24.3 Å². The summed E-state index contributed by atoms with van der Waals surface area (Å²) in [5.74, 6) is 0. The molecular formula is C10H7NO2. The van der Waals surface area contributed by atoms with Crippen molar-refractivity contribution in [3.8, 4) is 6.07 Å². The van der Waals surface area contributed by atoms with Gasteiger partial charge in [0.25, 0.3) is 0 Å². The van der Waals surface area contributed by atoms with Gasteiger partial charge in [0.2, 0.25) is 0 Å². The minimum atomic E-state index is 0.199. The molecule has 0 aliphatic heterocycles. The summed E-state index contributed by atoms with van der Waals surface area (Å²) in [4.78, 5) is 10.4. The summed E-state index contributed by atoms with van der Waals surface area (Å²) in [6.07, 6.45) is 1.30. The lowest BCUT2D eigenvalue weighted by Gasteiger charge is -1.97. The van der Waals surface area contributed by atoms with Gasteiger partial charge in [0.05, 0.1) is 23.5 Å². The molecule has 1 aromatic rings. The minimum Gasteiger partial charge on any atom is -0.515 e. The van der Waals surface area contributed by atoms with Gasteiger partial charge in [-0.3, -0.25) is 4.79 Å². The Hall–Kier alpha value is -2.08. The summed E-state index contributed by atoms with van der Waals surface area (Å²) in [6.45, 7) is 0. The fourth-order valence-electron chi connectivity index (χ4n) is 0.910. The summed E-state index contributed by atoms with van der Waals surface area (Å²) in [5.41, 5.74) is 1.31. The molecule has 0 saturated heterocycles. The first kappa shape index (κ1) is 9.01. The number of aldehydes is 1. The molecule has 0 unspecified atom stereocenters. The number of aliphatic hydroxyl groups is 1. The van der Waals surface area contributed by atoms with Crippen molar-refractivity contribution in [1.82, 2.24) is 0 Å². The van der Waals surface area contributed by atoms with Gasteiger partial charge in [-0.1, -0.05) is 12.1 Å². The van der Waals surface area contributed by atoms with Crippen LogP contribution in [0.4, 0.5) is 0 Å². The van der Waals surface area contributed by atoms with Crippen LogP contribution in [0.15, 0.2) is 30.5 Å². The van der Waals surface area contributed by atoms with Gasteiger partial charge in [-0.2, -0.15) is 5.26 Å². The largest absolute Gasteiger partial charge is 0.515 e. The van der Waals surface area contributed by atoms with E-state index in [2.05, 4.69) is 0 Å². The van der Waals surface area contributed by atoms with Crippen LogP contribution in [0.5, 0.6) is 0 Å². The fraction of sp³-hybridized carbons (Fsp3) is 0. The molecule has 0 aliphatic rings. The Balaban J connectivity index is 3.06. The highest BCUT2D eigenvalue weighted by molar-refractivity contribution is 6.06. The van der Waals surface area contributed by atoms with Crippen LogP contribution in [-0.2, 0) is 4.79 Å². The highest BCUT2D eigenvalue weighted by atomic mass is 16.2. The third-order valence-corrected chi connectivity index (χ3v) is 1.61. The molecule has 0 spiro atoms. The molecule has 0 heterocycles. The highest BCUT2D eigenvalue weighted by Gasteiger charge is 1.99. The Kier molecular flexibility index (Phi) is 2.82. The predicted molar refractivity (Wildman–Crippen MR) is 47.8 cm³/mol. The molecule has 0 saturated carbocycles. The SMILES string of the molecule is N#Cc1ccc(/C(C=O)=C\O)cc1. The lowest BCUT2D eigenvalue weighted by molar-refractivity contribution is -0.103. The molecule has 0 amide bonds. The van der Waals surface area contributed by atoms with Gasteiger partial charge in [0.15, 0.2) is 6.29 Å². The van der Waals surface area contributed by atoms with Crippen LogP contribution < -0.4 is 0 Å². The zero-order valence-electron chi connectivity index (χ0n) is 6.77. The van der Waals surface area contributed by atoms with E-state index in [0.29, 0.717) is 17.4 Å². The Morgan fingerprint density at radius 3 is 2.38 bits per heavy atom. The number of aliphatic hydroxyl groups excluding tert-OH is 1. The van der Waals surface area contributed by atoms with Crippen molar-refractivity contribution in [3.05, 3.63) is 41.7 Å². The van der Waals surface area contributed by atoms with Crippen LogP contribution in [0.25, 0.3) is 5.57 Å². The number of allylic oxidation sites excluding steroid dienone is 1. The van der Waals surface area contributed by atoms with E-state index in [4.69, 9.17) is 10.4 Å². The van der Waals surface area contributed by atoms with E-state index < -0.39 is 0 Å². The number of benzene rings is 1. The van der Waals surface area contributed by atoms with E-state index in [-0.39, 0.29) is 5.57 Å². The van der Waals surface area contributed by atoms with Gasteiger partial charge in [-0.15, -0.1) is 0 Å². The summed E-state index contributed by atoms with van der Waals surface area (Å²) < 4.78 is 0. The van der Waals surface area contributed by atoms with E-state index in [1.807, 2.05) is 6.07 Å². The number of hydrogen-bond donors (Lipinski definition) is 1. The van der Waals surface area contributed by atoms with Crippen molar-refractivity contribution in [2.75, 3.05) is 0 Å². The molecule has 1 rings (SSSR count). The maximum atomic E-state index is 10.4. The number of nitrogens with zero attached hydrogens (tertiary/aromatic N) is 1. The first-order chi connectivity index (χ1) is 6.31. The van der Waals surface area contributed by atoms with Crippen molar-refractivity contribution < 1.29 is 9.90 Å². The highest BCUT2D eigenvalue weighted by Crippen LogP contribution is 2.11. The summed E-state index contributed by atoms with van der Waals surface area (Å²) in [5, 5.41) is 17.1. The van der Waals surface area contributed by atoms with Crippen LogP contribution in [-0.4, -0.2) is 11.4 Å². The Labute approximate surface area is 75.5 Å². The average molecular weight is 173 g/mol. The number of carbonyl (C=O) groups excluding carboxylic acids is 1. The van der Waals surface area contributed by atoms with E-state index in [1.165, 1.54) is 0 Å². The normalized spacial score (nSPS) is 10.5. The fourth-order valence-corrected chi connectivity index (χ4v) is 0.910. The zero-order chi connectivity index (χ0) is 9.68. The number of rotatable bonds is 2. The maximum absolute atomic E-state index is 10.4. The predicted octanol–water partition coefficient (Wildman–Crippen LogP) is 1.66. The zero-order valence-corrected chi connectivity index (χ0v) is 6.77. The average Bonchev–Trinajstić information content (AvgIpc) is 2.21. The van der Waals surface area contributed by atoms with E-state index in [9.17, 15) is 4.79 Å². The molecule has 0 aromatic heterocycles. The third kappa shape index (κ3) is 1.94. The summed E-state index contributed by atoms with van der Waals surface area (Å²) in [6, 6.07) is 8.34. The molecule has 13 heavy (non-hydrogen) atoms. The Bertz CT molecular complexity index is 371. The van der Waals surface area contributed by atoms with Crippen LogP contribution in [0.1, 0.15) is 11.1 Å². The second kappa shape index (κ2) is 4.07. The van der Waals surface area contributed by atoms with Crippen molar-refractivity contribution in [2.24, 2.45) is 0 Å². The molecule has 1 N–H and O–H groups in total. The molecule has 3 nitrogen and oxygen atoms in total.